The van der Waals surface area contributed by atoms with Crippen LogP contribution in [-0.4, -0.2) is 57.8 Å². The van der Waals surface area contributed by atoms with Gasteiger partial charge in [0.2, 0.25) is 5.91 Å². The zero-order chi connectivity index (χ0) is 21.0. The Bertz CT molecular complexity index is 891. The van der Waals surface area contributed by atoms with Gasteiger partial charge in [0.05, 0.1) is 11.8 Å². The van der Waals surface area contributed by atoms with Crippen LogP contribution in [0.25, 0.3) is 0 Å². The summed E-state index contributed by atoms with van der Waals surface area (Å²) < 4.78 is 55.6. The van der Waals surface area contributed by atoms with E-state index in [1.54, 1.807) is 17.0 Å². The van der Waals surface area contributed by atoms with E-state index >= 15 is 0 Å². The highest BCUT2D eigenvalue weighted by atomic mass is 32.2. The second-order valence-electron chi connectivity index (χ2n) is 6.58. The molecule has 0 aliphatic carbocycles. The van der Waals surface area contributed by atoms with Crippen LogP contribution in [0, 0.1) is 0 Å². The average molecular weight is 428 g/mol. The van der Waals surface area contributed by atoms with Crippen molar-refractivity contribution < 1.29 is 31.4 Å². The highest BCUT2D eigenvalue weighted by Crippen LogP contribution is 2.29. The molecule has 1 aliphatic rings. The molecule has 2 amide bonds. The quantitative estimate of drug-likeness (QED) is 0.734. The lowest BCUT2D eigenvalue weighted by Gasteiger charge is -2.34. The third-order valence-electron chi connectivity index (χ3n) is 4.52. The van der Waals surface area contributed by atoms with Gasteiger partial charge in [0.25, 0.3) is 5.91 Å². The zero-order valence-corrected chi connectivity index (χ0v) is 16.2. The molecule has 156 valence electrons. The summed E-state index contributed by atoms with van der Waals surface area (Å²) >= 11 is 0. The van der Waals surface area contributed by atoms with Crippen LogP contribution in [0.1, 0.15) is 21.7 Å². The van der Waals surface area contributed by atoms with Crippen molar-refractivity contribution in [1.82, 2.24) is 9.80 Å². The minimum absolute atomic E-state index is 0.132. The molecule has 0 radical (unpaired) electrons. The summed E-state index contributed by atoms with van der Waals surface area (Å²) in [5.74, 6) is -0.780. The van der Waals surface area contributed by atoms with Crippen LogP contribution in [0.15, 0.2) is 47.1 Å². The van der Waals surface area contributed by atoms with Crippen molar-refractivity contribution >= 4 is 22.6 Å². The SMILES string of the molecule is O=C(C[S@@](=O)Cc1cccc(C(F)(F)F)c1)N1CCN(C(=O)c2ccco2)CC1. The molecule has 0 saturated carbocycles. The molecule has 1 fully saturated rings. The first-order valence-corrected chi connectivity index (χ1v) is 10.3. The summed E-state index contributed by atoms with van der Waals surface area (Å²) in [5, 5.41) is 0. The first-order chi connectivity index (χ1) is 13.7. The van der Waals surface area contributed by atoms with Gasteiger partial charge in [0.15, 0.2) is 5.76 Å². The minimum atomic E-state index is -4.47. The fraction of sp³-hybridized carbons (Fsp3) is 0.368. The highest BCUT2D eigenvalue weighted by Gasteiger charge is 2.31. The number of piperazine rings is 1. The van der Waals surface area contributed by atoms with Gasteiger partial charge in [-0.3, -0.25) is 13.8 Å². The van der Waals surface area contributed by atoms with Gasteiger partial charge in [0, 0.05) is 42.7 Å². The van der Waals surface area contributed by atoms with Crippen LogP contribution in [-0.2, 0) is 27.5 Å². The van der Waals surface area contributed by atoms with Crippen LogP contribution < -0.4 is 0 Å². The Morgan fingerprint density at radius 1 is 1.03 bits per heavy atom. The minimum Gasteiger partial charge on any atom is -0.459 e. The molecule has 1 aliphatic heterocycles. The fourth-order valence-corrected chi connectivity index (χ4v) is 4.13. The van der Waals surface area contributed by atoms with Crippen molar-refractivity contribution in [3.05, 3.63) is 59.5 Å². The molecule has 29 heavy (non-hydrogen) atoms. The Morgan fingerprint density at radius 2 is 1.72 bits per heavy atom. The highest BCUT2D eigenvalue weighted by molar-refractivity contribution is 7.84. The monoisotopic (exact) mass is 428 g/mol. The van der Waals surface area contributed by atoms with E-state index < -0.39 is 22.5 Å². The molecule has 0 spiro atoms. The lowest BCUT2D eigenvalue weighted by molar-refractivity contribution is -0.137. The van der Waals surface area contributed by atoms with Gasteiger partial charge >= 0.3 is 6.18 Å². The van der Waals surface area contributed by atoms with E-state index in [-0.39, 0.29) is 34.6 Å². The summed E-state index contributed by atoms with van der Waals surface area (Å²) in [6.45, 7) is 1.25. The maximum atomic E-state index is 12.8. The van der Waals surface area contributed by atoms with Gasteiger partial charge in [-0.1, -0.05) is 18.2 Å². The fourth-order valence-electron chi connectivity index (χ4n) is 3.02. The van der Waals surface area contributed by atoms with Gasteiger partial charge < -0.3 is 14.2 Å². The predicted octanol–water partition coefficient (Wildman–Crippen LogP) is 2.53. The van der Waals surface area contributed by atoms with Gasteiger partial charge in [-0.15, -0.1) is 0 Å². The van der Waals surface area contributed by atoms with Gasteiger partial charge in [0.1, 0.15) is 5.75 Å². The lowest BCUT2D eigenvalue weighted by Crippen LogP contribution is -2.51. The molecular formula is C19H19F3N2O4S. The van der Waals surface area contributed by atoms with Gasteiger partial charge in [-0.25, -0.2) is 0 Å². The van der Waals surface area contributed by atoms with Crippen LogP contribution in [0.4, 0.5) is 13.2 Å². The molecular weight excluding hydrogens is 409 g/mol. The number of nitrogens with zero attached hydrogens (tertiary/aromatic N) is 2. The third-order valence-corrected chi connectivity index (χ3v) is 5.74. The number of halogens is 3. The van der Waals surface area contributed by atoms with Gasteiger partial charge in [-0.05, 0) is 23.8 Å². The summed E-state index contributed by atoms with van der Waals surface area (Å²) in [4.78, 5) is 27.7. The molecule has 3 rings (SSSR count). The Kier molecular flexibility index (Phi) is 6.41. The Morgan fingerprint density at radius 3 is 2.34 bits per heavy atom. The first-order valence-electron chi connectivity index (χ1n) is 8.85. The van der Waals surface area contributed by atoms with E-state index in [9.17, 15) is 27.0 Å². The standard InChI is InChI=1S/C19H19F3N2O4S/c20-19(21,22)15-4-1-3-14(11-15)12-29(27)13-17(25)23-6-8-24(9-7-23)18(26)16-5-2-10-28-16/h1-5,10-11H,6-9,12-13H2/t29-/m0/s1. The number of rotatable bonds is 5. The number of alkyl halides is 3. The van der Waals surface area contributed by atoms with Crippen molar-refractivity contribution in [2.75, 3.05) is 31.9 Å². The Hall–Kier alpha value is -2.62. The maximum absolute atomic E-state index is 12.8. The molecule has 0 N–H and O–H groups in total. The normalized spacial score (nSPS) is 16.0. The Labute approximate surface area is 167 Å². The molecule has 0 bridgehead atoms. The molecule has 2 heterocycles. The van der Waals surface area contributed by atoms with Gasteiger partial charge in [-0.2, -0.15) is 13.2 Å². The summed E-state index contributed by atoms with van der Waals surface area (Å²) in [5.41, 5.74) is -0.546. The van der Waals surface area contributed by atoms with Crippen molar-refractivity contribution in [2.45, 2.75) is 11.9 Å². The molecule has 10 heteroatoms. The summed E-state index contributed by atoms with van der Waals surface area (Å²) in [6.07, 6.45) is -3.06. The molecule has 1 saturated heterocycles. The predicted molar refractivity (Wildman–Crippen MR) is 99.3 cm³/mol. The van der Waals surface area contributed by atoms with Crippen LogP contribution in [0.5, 0.6) is 0 Å². The van der Waals surface area contributed by atoms with E-state index in [1.165, 1.54) is 23.3 Å². The lowest BCUT2D eigenvalue weighted by atomic mass is 10.1. The number of hydrogen-bond acceptors (Lipinski definition) is 4. The Balaban J connectivity index is 1.50. The van der Waals surface area contributed by atoms with Crippen molar-refractivity contribution in [3.8, 4) is 0 Å². The van der Waals surface area contributed by atoms with E-state index in [1.807, 2.05) is 0 Å². The number of hydrogen-bond donors (Lipinski definition) is 0. The molecule has 1 aromatic heterocycles. The van der Waals surface area contributed by atoms with Crippen molar-refractivity contribution in [2.24, 2.45) is 0 Å². The number of carbonyl (C=O) groups is 2. The average Bonchev–Trinajstić information content (AvgIpc) is 3.22. The van der Waals surface area contributed by atoms with Crippen LogP contribution in [0.3, 0.4) is 0 Å². The smallest absolute Gasteiger partial charge is 0.416 e. The molecule has 6 nitrogen and oxygen atoms in total. The summed E-state index contributed by atoms with van der Waals surface area (Å²) in [7, 11) is -1.63. The molecule has 1 atom stereocenters. The molecule has 2 aromatic rings. The number of benzene rings is 1. The van der Waals surface area contributed by atoms with E-state index in [0.717, 1.165) is 12.1 Å². The second kappa shape index (κ2) is 8.81. The number of amides is 2. The zero-order valence-electron chi connectivity index (χ0n) is 15.4. The second-order valence-corrected chi connectivity index (χ2v) is 8.03. The van der Waals surface area contributed by atoms with Crippen molar-refractivity contribution in [1.29, 1.82) is 0 Å². The van der Waals surface area contributed by atoms with E-state index in [4.69, 9.17) is 4.42 Å². The van der Waals surface area contributed by atoms with E-state index in [2.05, 4.69) is 0 Å². The van der Waals surface area contributed by atoms with E-state index in [0.29, 0.717) is 26.2 Å². The van der Waals surface area contributed by atoms with Crippen LogP contribution in [0.2, 0.25) is 0 Å². The molecule has 1 aromatic carbocycles. The maximum Gasteiger partial charge on any atom is 0.416 e. The van der Waals surface area contributed by atoms with Crippen LogP contribution >= 0.6 is 0 Å². The number of carbonyl (C=O) groups excluding carboxylic acids is 2. The van der Waals surface area contributed by atoms with Crippen molar-refractivity contribution in [3.63, 3.8) is 0 Å². The first kappa shape index (κ1) is 21.1. The number of furan rings is 1. The molecule has 0 unspecified atom stereocenters. The largest absolute Gasteiger partial charge is 0.459 e. The summed E-state index contributed by atoms with van der Waals surface area (Å²) in [6, 6.07) is 7.79. The third kappa shape index (κ3) is 5.47. The topological polar surface area (TPSA) is 70.8 Å².